The summed E-state index contributed by atoms with van der Waals surface area (Å²) in [6, 6.07) is 5.43. The average molecular weight is 225 g/mol. The van der Waals surface area contributed by atoms with Gasteiger partial charge in [-0.15, -0.1) is 0 Å². The molecule has 0 bridgehead atoms. The number of benzene rings is 1. The molecule has 0 amide bonds. The van der Waals surface area contributed by atoms with Gasteiger partial charge in [0.05, 0.1) is 0 Å². The topological polar surface area (TPSA) is 17.1 Å². The van der Waals surface area contributed by atoms with Crippen LogP contribution in [0.5, 0.6) is 0 Å². The molecule has 0 N–H and O–H groups in total. The van der Waals surface area contributed by atoms with Gasteiger partial charge in [-0.1, -0.05) is 25.4 Å². The molecule has 0 aromatic heterocycles. The summed E-state index contributed by atoms with van der Waals surface area (Å²) in [5, 5.41) is 0.688. The Balaban J connectivity index is 2.74. The highest BCUT2D eigenvalue weighted by atomic mass is 35.5. The maximum Gasteiger partial charge on any atom is 0.163 e. The predicted molar refractivity (Wildman–Crippen MR) is 64.6 cm³/mol. The van der Waals surface area contributed by atoms with Gasteiger partial charge in [0.25, 0.3) is 0 Å². The van der Waals surface area contributed by atoms with Gasteiger partial charge < -0.3 is 0 Å². The number of carbonyl (C=O) groups excluding carboxylic acids is 1. The third kappa shape index (κ3) is 3.67. The molecule has 1 nitrogen and oxygen atoms in total. The van der Waals surface area contributed by atoms with Crippen LogP contribution in [-0.2, 0) is 0 Å². The Bertz CT molecular complexity index is 356. The Kier molecular flexibility index (Phi) is 4.34. The Morgan fingerprint density at radius 3 is 2.60 bits per heavy atom. The molecule has 1 aromatic rings. The zero-order valence-corrected chi connectivity index (χ0v) is 10.3. The summed E-state index contributed by atoms with van der Waals surface area (Å²) in [5.41, 5.74) is 1.77. The van der Waals surface area contributed by atoms with Crippen LogP contribution >= 0.6 is 11.6 Å². The van der Waals surface area contributed by atoms with Gasteiger partial charge in [-0.2, -0.15) is 0 Å². The van der Waals surface area contributed by atoms with Gasteiger partial charge in [0.2, 0.25) is 0 Å². The highest BCUT2D eigenvalue weighted by Crippen LogP contribution is 2.18. The molecule has 0 saturated heterocycles. The van der Waals surface area contributed by atoms with E-state index in [1.165, 1.54) is 0 Å². The molecule has 0 radical (unpaired) electrons. The van der Waals surface area contributed by atoms with Gasteiger partial charge in [-0.25, -0.2) is 0 Å². The summed E-state index contributed by atoms with van der Waals surface area (Å²) in [5.74, 6) is 0.791. The zero-order valence-electron chi connectivity index (χ0n) is 9.51. The Labute approximate surface area is 96.5 Å². The lowest BCUT2D eigenvalue weighted by molar-refractivity contribution is 0.0975. The standard InChI is InChI=1S/C13H17ClO/c1-9(2)4-7-13(15)12-6-5-11(14)8-10(12)3/h5-6,8-9H,4,7H2,1-3H3. The van der Waals surface area contributed by atoms with Crippen LogP contribution in [0, 0.1) is 12.8 Å². The van der Waals surface area contributed by atoms with E-state index in [1.807, 2.05) is 19.1 Å². The number of carbonyl (C=O) groups is 1. The molecule has 0 aliphatic heterocycles. The largest absolute Gasteiger partial charge is 0.294 e. The molecule has 15 heavy (non-hydrogen) atoms. The molecule has 0 heterocycles. The quantitative estimate of drug-likeness (QED) is 0.699. The van der Waals surface area contributed by atoms with Gasteiger partial charge in [0.1, 0.15) is 0 Å². The van der Waals surface area contributed by atoms with Crippen molar-refractivity contribution in [2.75, 3.05) is 0 Å². The van der Waals surface area contributed by atoms with Gasteiger partial charge in [-0.3, -0.25) is 4.79 Å². The van der Waals surface area contributed by atoms with E-state index in [0.29, 0.717) is 17.4 Å². The highest BCUT2D eigenvalue weighted by molar-refractivity contribution is 6.30. The fourth-order valence-corrected chi connectivity index (χ4v) is 1.72. The smallest absolute Gasteiger partial charge is 0.163 e. The number of Topliss-reactive ketones (excluding diaryl/α,β-unsaturated/α-hetero) is 1. The molecule has 82 valence electrons. The lowest BCUT2D eigenvalue weighted by Crippen LogP contribution is -2.03. The summed E-state index contributed by atoms with van der Waals surface area (Å²) in [6.07, 6.45) is 1.57. The van der Waals surface area contributed by atoms with E-state index in [0.717, 1.165) is 17.5 Å². The van der Waals surface area contributed by atoms with Crippen LogP contribution in [0.4, 0.5) is 0 Å². The predicted octanol–water partition coefficient (Wildman–Crippen LogP) is 4.27. The molecular weight excluding hydrogens is 208 g/mol. The molecule has 2 heteroatoms. The fourth-order valence-electron chi connectivity index (χ4n) is 1.49. The maximum atomic E-state index is 11.8. The first-order chi connectivity index (χ1) is 7.00. The Hall–Kier alpha value is -0.820. The van der Waals surface area contributed by atoms with Crippen LogP contribution in [0.1, 0.15) is 42.6 Å². The van der Waals surface area contributed by atoms with Crippen molar-refractivity contribution in [2.45, 2.75) is 33.6 Å². The number of rotatable bonds is 4. The minimum atomic E-state index is 0.220. The first kappa shape index (κ1) is 12.3. The van der Waals surface area contributed by atoms with Gasteiger partial charge in [0.15, 0.2) is 5.78 Å². The first-order valence-electron chi connectivity index (χ1n) is 5.30. The lowest BCUT2D eigenvalue weighted by Gasteiger charge is -2.06. The van der Waals surface area contributed by atoms with E-state index in [4.69, 9.17) is 11.6 Å². The third-order valence-electron chi connectivity index (χ3n) is 2.44. The molecular formula is C13H17ClO. The lowest BCUT2D eigenvalue weighted by atomic mass is 9.98. The Morgan fingerprint density at radius 2 is 2.07 bits per heavy atom. The number of hydrogen-bond acceptors (Lipinski definition) is 1. The van der Waals surface area contributed by atoms with Crippen LogP contribution in [-0.4, -0.2) is 5.78 Å². The second-order valence-corrected chi connectivity index (χ2v) is 4.75. The summed E-state index contributed by atoms with van der Waals surface area (Å²) in [4.78, 5) is 11.8. The van der Waals surface area contributed by atoms with E-state index in [-0.39, 0.29) is 5.78 Å². The second kappa shape index (κ2) is 5.32. The van der Waals surface area contributed by atoms with Crippen molar-refractivity contribution in [1.29, 1.82) is 0 Å². The summed E-state index contributed by atoms with van der Waals surface area (Å²) in [7, 11) is 0. The number of aryl methyl sites for hydroxylation is 1. The van der Waals surface area contributed by atoms with Crippen molar-refractivity contribution in [3.63, 3.8) is 0 Å². The summed E-state index contributed by atoms with van der Waals surface area (Å²) in [6.45, 7) is 6.18. The molecule has 1 rings (SSSR count). The zero-order chi connectivity index (χ0) is 11.4. The van der Waals surface area contributed by atoms with Gasteiger partial charge in [-0.05, 0) is 43.0 Å². The van der Waals surface area contributed by atoms with Crippen molar-refractivity contribution < 1.29 is 4.79 Å². The molecule has 0 saturated carbocycles. The fraction of sp³-hybridized carbons (Fsp3) is 0.462. The third-order valence-corrected chi connectivity index (χ3v) is 2.67. The summed E-state index contributed by atoms with van der Waals surface area (Å²) >= 11 is 5.84. The first-order valence-corrected chi connectivity index (χ1v) is 5.68. The SMILES string of the molecule is Cc1cc(Cl)ccc1C(=O)CCC(C)C. The van der Waals surface area contributed by atoms with Crippen molar-refractivity contribution in [3.8, 4) is 0 Å². The van der Waals surface area contributed by atoms with E-state index >= 15 is 0 Å². The number of halogens is 1. The minimum absolute atomic E-state index is 0.220. The molecule has 0 spiro atoms. The van der Waals surface area contributed by atoms with E-state index in [1.54, 1.807) is 6.07 Å². The average Bonchev–Trinajstić information content (AvgIpc) is 2.14. The molecule has 1 aromatic carbocycles. The monoisotopic (exact) mass is 224 g/mol. The maximum absolute atomic E-state index is 11.8. The van der Waals surface area contributed by atoms with E-state index in [9.17, 15) is 4.79 Å². The molecule has 0 atom stereocenters. The van der Waals surface area contributed by atoms with Crippen molar-refractivity contribution in [3.05, 3.63) is 34.3 Å². The molecule has 0 aliphatic carbocycles. The normalized spacial score (nSPS) is 10.7. The van der Waals surface area contributed by atoms with Crippen LogP contribution in [0.15, 0.2) is 18.2 Å². The number of hydrogen-bond donors (Lipinski definition) is 0. The van der Waals surface area contributed by atoms with Crippen molar-refractivity contribution in [1.82, 2.24) is 0 Å². The van der Waals surface area contributed by atoms with E-state index in [2.05, 4.69) is 13.8 Å². The van der Waals surface area contributed by atoms with Crippen LogP contribution in [0.2, 0.25) is 5.02 Å². The van der Waals surface area contributed by atoms with Gasteiger partial charge in [0, 0.05) is 17.0 Å². The summed E-state index contributed by atoms with van der Waals surface area (Å²) < 4.78 is 0. The minimum Gasteiger partial charge on any atom is -0.294 e. The van der Waals surface area contributed by atoms with E-state index < -0.39 is 0 Å². The van der Waals surface area contributed by atoms with Crippen molar-refractivity contribution in [2.24, 2.45) is 5.92 Å². The molecule has 0 fully saturated rings. The van der Waals surface area contributed by atoms with Gasteiger partial charge >= 0.3 is 0 Å². The molecule has 0 aliphatic rings. The molecule has 0 unspecified atom stereocenters. The second-order valence-electron chi connectivity index (χ2n) is 4.31. The van der Waals surface area contributed by atoms with Crippen LogP contribution < -0.4 is 0 Å². The Morgan fingerprint density at radius 1 is 1.40 bits per heavy atom. The van der Waals surface area contributed by atoms with Crippen molar-refractivity contribution >= 4 is 17.4 Å². The van der Waals surface area contributed by atoms with Crippen LogP contribution in [0.3, 0.4) is 0 Å². The highest BCUT2D eigenvalue weighted by Gasteiger charge is 2.09. The van der Waals surface area contributed by atoms with Crippen LogP contribution in [0.25, 0.3) is 0 Å². The number of ketones is 1.